The molecule has 0 heterocycles. The van der Waals surface area contributed by atoms with Crippen LogP contribution in [0.4, 0.5) is 0 Å². The number of hydrogen-bond donors (Lipinski definition) is 0. The van der Waals surface area contributed by atoms with Crippen molar-refractivity contribution in [3.05, 3.63) is 28.7 Å². The van der Waals surface area contributed by atoms with Gasteiger partial charge in [0.25, 0.3) is 10.1 Å². The Bertz CT molecular complexity index is 575. The van der Waals surface area contributed by atoms with Gasteiger partial charge in [-0.3, -0.25) is 8.98 Å². The highest BCUT2D eigenvalue weighted by atomic mass is 79.9. The van der Waals surface area contributed by atoms with Gasteiger partial charge >= 0.3 is 5.97 Å². The van der Waals surface area contributed by atoms with E-state index in [0.717, 1.165) is 4.47 Å². The smallest absolute Gasteiger partial charge is 0.308 e. The van der Waals surface area contributed by atoms with Gasteiger partial charge < -0.3 is 4.74 Å². The molecule has 110 valence electrons. The third-order valence-electron chi connectivity index (χ3n) is 3.33. The fourth-order valence-electron chi connectivity index (χ4n) is 2.09. The molecule has 0 radical (unpaired) electrons. The van der Waals surface area contributed by atoms with E-state index in [9.17, 15) is 13.2 Å². The van der Waals surface area contributed by atoms with Crippen LogP contribution in [0.2, 0.25) is 0 Å². The lowest BCUT2D eigenvalue weighted by Crippen LogP contribution is -2.34. The van der Waals surface area contributed by atoms with E-state index in [0.29, 0.717) is 12.8 Å². The molecule has 0 atom stereocenters. The quantitative estimate of drug-likeness (QED) is 0.593. The molecule has 1 aromatic rings. The largest absolute Gasteiger partial charge is 0.469 e. The number of benzene rings is 1. The average Bonchev–Trinajstić information content (AvgIpc) is 2.36. The number of carbonyl (C=O) groups excluding carboxylic acids is 1. The Morgan fingerprint density at radius 3 is 2.45 bits per heavy atom. The van der Waals surface area contributed by atoms with Gasteiger partial charge in [-0.25, -0.2) is 0 Å². The van der Waals surface area contributed by atoms with Crippen molar-refractivity contribution in [2.45, 2.75) is 17.7 Å². The van der Waals surface area contributed by atoms with Gasteiger partial charge in [0, 0.05) is 4.47 Å². The minimum absolute atomic E-state index is 0.0873. The molecule has 7 heteroatoms. The summed E-state index contributed by atoms with van der Waals surface area (Å²) in [6.07, 6.45) is 1.23. The first-order valence-corrected chi connectivity index (χ1v) is 8.35. The second kappa shape index (κ2) is 6.24. The number of hydrogen-bond acceptors (Lipinski definition) is 5. The van der Waals surface area contributed by atoms with E-state index in [2.05, 4.69) is 20.7 Å². The van der Waals surface area contributed by atoms with E-state index in [4.69, 9.17) is 4.18 Å². The van der Waals surface area contributed by atoms with Gasteiger partial charge in [-0.1, -0.05) is 15.9 Å². The van der Waals surface area contributed by atoms with Crippen LogP contribution in [0.15, 0.2) is 33.6 Å². The molecule has 1 fully saturated rings. The van der Waals surface area contributed by atoms with Crippen molar-refractivity contribution in [3.63, 3.8) is 0 Å². The summed E-state index contributed by atoms with van der Waals surface area (Å²) in [5, 5.41) is 0. The van der Waals surface area contributed by atoms with Crippen molar-refractivity contribution in [2.75, 3.05) is 13.7 Å². The zero-order valence-corrected chi connectivity index (χ0v) is 13.3. The number of esters is 1. The predicted octanol–water partition coefficient (Wildman–Crippen LogP) is 2.35. The molecule has 0 aliphatic heterocycles. The summed E-state index contributed by atoms with van der Waals surface area (Å²) in [7, 11) is -2.38. The van der Waals surface area contributed by atoms with E-state index >= 15 is 0 Å². The number of methoxy groups -OCH3 is 1. The van der Waals surface area contributed by atoms with Crippen LogP contribution in [0.3, 0.4) is 0 Å². The molecule has 0 N–H and O–H groups in total. The second-order valence-corrected chi connectivity index (χ2v) is 7.28. The fourth-order valence-corrected chi connectivity index (χ4v) is 3.33. The summed E-state index contributed by atoms with van der Waals surface area (Å²) in [5.74, 6) is -0.273. The summed E-state index contributed by atoms with van der Waals surface area (Å²) in [4.78, 5) is 11.3. The molecule has 1 saturated carbocycles. The van der Waals surface area contributed by atoms with E-state index in [-0.39, 0.29) is 29.3 Å². The molecule has 0 saturated heterocycles. The van der Waals surface area contributed by atoms with Crippen LogP contribution >= 0.6 is 15.9 Å². The van der Waals surface area contributed by atoms with E-state index in [1.54, 1.807) is 12.1 Å². The highest BCUT2D eigenvalue weighted by Gasteiger charge is 2.36. The first-order chi connectivity index (χ1) is 9.42. The molecule has 1 aromatic carbocycles. The topological polar surface area (TPSA) is 69.7 Å². The van der Waals surface area contributed by atoms with E-state index in [1.807, 2.05) is 0 Å². The van der Waals surface area contributed by atoms with Crippen LogP contribution in [-0.4, -0.2) is 28.1 Å². The third-order valence-corrected chi connectivity index (χ3v) is 5.16. The van der Waals surface area contributed by atoms with Crippen molar-refractivity contribution < 1.29 is 22.1 Å². The highest BCUT2D eigenvalue weighted by molar-refractivity contribution is 9.10. The lowest BCUT2D eigenvalue weighted by atomic mass is 9.75. The number of carbonyl (C=O) groups is 1. The average molecular weight is 363 g/mol. The Morgan fingerprint density at radius 2 is 1.90 bits per heavy atom. The van der Waals surface area contributed by atoms with Gasteiger partial charge in [0.15, 0.2) is 0 Å². The van der Waals surface area contributed by atoms with Crippen LogP contribution in [0.1, 0.15) is 12.8 Å². The van der Waals surface area contributed by atoms with Gasteiger partial charge in [-0.05, 0) is 43.0 Å². The monoisotopic (exact) mass is 362 g/mol. The molecule has 5 nitrogen and oxygen atoms in total. The summed E-state index contributed by atoms with van der Waals surface area (Å²) in [6.45, 7) is 0.103. The second-order valence-electron chi connectivity index (χ2n) is 4.75. The molecular formula is C13H15BrO5S. The van der Waals surface area contributed by atoms with E-state index in [1.165, 1.54) is 19.2 Å². The SMILES string of the molecule is COC(=O)C1CC(COS(=O)(=O)c2ccc(Br)cc2)C1. The Morgan fingerprint density at radius 1 is 1.30 bits per heavy atom. The number of rotatable bonds is 5. The van der Waals surface area contributed by atoms with Gasteiger partial charge in [0.05, 0.1) is 24.5 Å². The molecular weight excluding hydrogens is 348 g/mol. The van der Waals surface area contributed by atoms with Gasteiger partial charge in [0.1, 0.15) is 0 Å². The van der Waals surface area contributed by atoms with Crippen LogP contribution in [0, 0.1) is 11.8 Å². The van der Waals surface area contributed by atoms with Crippen molar-refractivity contribution in [2.24, 2.45) is 11.8 Å². The van der Waals surface area contributed by atoms with Crippen LogP contribution < -0.4 is 0 Å². The molecule has 20 heavy (non-hydrogen) atoms. The van der Waals surface area contributed by atoms with Gasteiger partial charge in [0.2, 0.25) is 0 Å². The van der Waals surface area contributed by atoms with Gasteiger partial charge in [-0.2, -0.15) is 8.42 Å². The van der Waals surface area contributed by atoms with Crippen LogP contribution in [0.5, 0.6) is 0 Å². The normalized spacial score (nSPS) is 22.1. The molecule has 0 unspecified atom stereocenters. The molecule has 0 spiro atoms. The lowest BCUT2D eigenvalue weighted by Gasteiger charge is -2.32. The number of ether oxygens (including phenoxy) is 1. The minimum atomic E-state index is -3.73. The van der Waals surface area contributed by atoms with Crippen molar-refractivity contribution in [1.82, 2.24) is 0 Å². The standard InChI is InChI=1S/C13H15BrO5S/c1-18-13(15)10-6-9(7-10)8-19-20(16,17)12-4-2-11(14)3-5-12/h2-5,9-10H,6-8H2,1H3. The minimum Gasteiger partial charge on any atom is -0.469 e. The number of halogens is 1. The Labute approximate surface area is 126 Å². The maximum atomic E-state index is 11.9. The lowest BCUT2D eigenvalue weighted by molar-refractivity contribution is -0.150. The van der Waals surface area contributed by atoms with Crippen molar-refractivity contribution in [3.8, 4) is 0 Å². The maximum absolute atomic E-state index is 11.9. The Hall–Kier alpha value is -0.920. The summed E-state index contributed by atoms with van der Waals surface area (Å²) >= 11 is 3.24. The third kappa shape index (κ3) is 3.59. The molecule has 0 amide bonds. The fraction of sp³-hybridized carbons (Fsp3) is 0.462. The summed E-state index contributed by atoms with van der Waals surface area (Å²) < 4.78 is 34.3. The zero-order chi connectivity index (χ0) is 14.8. The zero-order valence-electron chi connectivity index (χ0n) is 10.9. The van der Waals surface area contributed by atoms with Gasteiger partial charge in [-0.15, -0.1) is 0 Å². The summed E-state index contributed by atoms with van der Waals surface area (Å²) in [5.41, 5.74) is 0. The van der Waals surface area contributed by atoms with E-state index < -0.39 is 10.1 Å². The molecule has 0 bridgehead atoms. The summed E-state index contributed by atoms with van der Waals surface area (Å²) in [6, 6.07) is 6.26. The van der Waals surface area contributed by atoms with Crippen molar-refractivity contribution in [1.29, 1.82) is 0 Å². The molecule has 2 rings (SSSR count). The van der Waals surface area contributed by atoms with Crippen LogP contribution in [0.25, 0.3) is 0 Å². The van der Waals surface area contributed by atoms with Crippen molar-refractivity contribution >= 4 is 32.0 Å². The molecule has 0 aromatic heterocycles. The predicted molar refractivity (Wildman–Crippen MR) is 75.5 cm³/mol. The highest BCUT2D eigenvalue weighted by Crippen LogP contribution is 2.35. The maximum Gasteiger partial charge on any atom is 0.308 e. The van der Waals surface area contributed by atoms with Crippen LogP contribution in [-0.2, 0) is 23.8 Å². The Kier molecular flexibility index (Phi) is 4.82. The Balaban J connectivity index is 1.85. The first-order valence-electron chi connectivity index (χ1n) is 6.15. The molecule has 1 aliphatic carbocycles. The molecule has 1 aliphatic rings. The first kappa shape index (κ1) is 15.5.